The van der Waals surface area contributed by atoms with Crippen LogP contribution in [0.1, 0.15) is 98.3 Å². The van der Waals surface area contributed by atoms with Gasteiger partial charge in [0.1, 0.15) is 6.10 Å². The van der Waals surface area contributed by atoms with Crippen molar-refractivity contribution in [3.63, 3.8) is 0 Å². The fraction of sp³-hybridized carbons (Fsp3) is 0.636. The van der Waals surface area contributed by atoms with Crippen LogP contribution in [0.4, 0.5) is 0 Å². The molecular formula is C33H50O3Si. The lowest BCUT2D eigenvalue weighted by atomic mass is 10.0. The average molecular weight is 523 g/mol. The summed E-state index contributed by atoms with van der Waals surface area (Å²) in [6.07, 6.45) is 16.0. The summed E-state index contributed by atoms with van der Waals surface area (Å²) >= 11 is 0. The normalized spacial score (nSPS) is 23.2. The summed E-state index contributed by atoms with van der Waals surface area (Å²) in [4.78, 5) is 0. The van der Waals surface area contributed by atoms with E-state index in [0.717, 1.165) is 6.42 Å². The minimum atomic E-state index is -2.49. The van der Waals surface area contributed by atoms with Crippen molar-refractivity contribution in [2.24, 2.45) is 0 Å². The highest BCUT2D eigenvalue weighted by atomic mass is 28.4. The molecular weight excluding hydrogens is 472 g/mol. The molecule has 0 unspecified atom stereocenters. The van der Waals surface area contributed by atoms with Gasteiger partial charge in [-0.25, -0.2) is 0 Å². The Kier molecular flexibility index (Phi) is 10.5. The molecule has 2 aliphatic heterocycles. The van der Waals surface area contributed by atoms with E-state index in [9.17, 15) is 0 Å². The van der Waals surface area contributed by atoms with Gasteiger partial charge in [-0.2, -0.15) is 0 Å². The van der Waals surface area contributed by atoms with Gasteiger partial charge in [0.25, 0.3) is 8.32 Å². The van der Waals surface area contributed by atoms with E-state index in [1.54, 1.807) is 0 Å². The predicted octanol–water partition coefficient (Wildman–Crippen LogP) is 7.41. The largest absolute Gasteiger partial charge is 0.405 e. The Morgan fingerprint density at radius 3 is 1.68 bits per heavy atom. The third-order valence-electron chi connectivity index (χ3n) is 8.31. The van der Waals surface area contributed by atoms with E-state index in [4.69, 9.17) is 13.9 Å². The van der Waals surface area contributed by atoms with E-state index in [0.29, 0.717) is 18.8 Å². The predicted molar refractivity (Wildman–Crippen MR) is 157 cm³/mol. The van der Waals surface area contributed by atoms with E-state index in [-0.39, 0.29) is 17.2 Å². The SMILES string of the molecule is CCCCCCCCCCC[C@@H]1O[C@@H]1C[C@@H]1O[C@@H]1CO[Si](c1ccccc1)(c1ccccc1)C(C)(C)C. The maximum atomic E-state index is 7.06. The van der Waals surface area contributed by atoms with Crippen LogP contribution < -0.4 is 10.4 Å². The summed E-state index contributed by atoms with van der Waals surface area (Å²) in [5, 5.41) is 2.66. The highest BCUT2D eigenvalue weighted by molar-refractivity contribution is 6.99. The van der Waals surface area contributed by atoms with Crippen molar-refractivity contribution in [1.29, 1.82) is 0 Å². The molecule has 0 aromatic heterocycles. The Morgan fingerprint density at radius 1 is 0.649 bits per heavy atom. The Balaban J connectivity index is 1.21. The van der Waals surface area contributed by atoms with Crippen molar-refractivity contribution in [2.75, 3.05) is 6.61 Å². The first-order chi connectivity index (χ1) is 18.0. The highest BCUT2D eigenvalue weighted by Gasteiger charge is 2.53. The first-order valence-electron chi connectivity index (χ1n) is 15.0. The first-order valence-corrected chi connectivity index (χ1v) is 16.9. The van der Waals surface area contributed by atoms with Crippen molar-refractivity contribution < 1.29 is 13.9 Å². The molecule has 0 bridgehead atoms. The van der Waals surface area contributed by atoms with Gasteiger partial charge in [0, 0.05) is 6.42 Å². The number of hydrogen-bond donors (Lipinski definition) is 0. The fourth-order valence-corrected chi connectivity index (χ4v) is 10.6. The summed E-state index contributed by atoms with van der Waals surface area (Å²) in [6.45, 7) is 9.94. The van der Waals surface area contributed by atoms with Crippen molar-refractivity contribution >= 4 is 18.7 Å². The van der Waals surface area contributed by atoms with Crippen LogP contribution in [-0.2, 0) is 13.9 Å². The molecule has 0 aliphatic carbocycles. The summed E-state index contributed by atoms with van der Waals surface area (Å²) in [6, 6.07) is 21.8. The zero-order valence-electron chi connectivity index (χ0n) is 23.8. The number of ether oxygens (including phenoxy) is 2. The molecule has 0 spiro atoms. The van der Waals surface area contributed by atoms with Gasteiger partial charge in [0.2, 0.25) is 0 Å². The maximum Gasteiger partial charge on any atom is 0.261 e. The lowest BCUT2D eigenvalue weighted by Crippen LogP contribution is -2.66. The van der Waals surface area contributed by atoms with Crippen LogP contribution in [0.2, 0.25) is 5.04 Å². The van der Waals surface area contributed by atoms with Crippen LogP contribution in [0.5, 0.6) is 0 Å². The first kappa shape index (κ1) is 28.5. The molecule has 4 heteroatoms. The lowest BCUT2D eigenvalue weighted by Gasteiger charge is -2.43. The number of unbranched alkanes of at least 4 members (excludes halogenated alkanes) is 8. The monoisotopic (exact) mass is 522 g/mol. The van der Waals surface area contributed by atoms with Crippen LogP contribution >= 0.6 is 0 Å². The van der Waals surface area contributed by atoms with E-state index >= 15 is 0 Å². The Morgan fingerprint density at radius 2 is 1.14 bits per heavy atom. The molecule has 2 aliphatic rings. The Bertz CT molecular complexity index is 871. The summed E-state index contributed by atoms with van der Waals surface area (Å²) in [5.74, 6) is 0. The van der Waals surface area contributed by atoms with Gasteiger partial charge in [0.05, 0.1) is 24.9 Å². The van der Waals surface area contributed by atoms with Crippen LogP contribution in [0.15, 0.2) is 60.7 Å². The molecule has 0 amide bonds. The van der Waals surface area contributed by atoms with E-state index in [1.807, 2.05) is 0 Å². The second-order valence-electron chi connectivity index (χ2n) is 12.3. The number of benzene rings is 2. The van der Waals surface area contributed by atoms with Gasteiger partial charge in [0.15, 0.2) is 0 Å². The molecule has 0 radical (unpaired) electrons. The van der Waals surface area contributed by atoms with Crippen LogP contribution in [-0.4, -0.2) is 39.3 Å². The van der Waals surface area contributed by atoms with Gasteiger partial charge in [-0.1, -0.05) is 146 Å². The highest BCUT2D eigenvalue weighted by Crippen LogP contribution is 2.40. The second-order valence-corrected chi connectivity index (χ2v) is 16.6. The third-order valence-corrected chi connectivity index (χ3v) is 13.3. The van der Waals surface area contributed by atoms with Gasteiger partial charge in [-0.3, -0.25) is 0 Å². The maximum absolute atomic E-state index is 7.06. The zero-order valence-corrected chi connectivity index (χ0v) is 24.8. The molecule has 2 aromatic rings. The van der Waals surface area contributed by atoms with E-state index < -0.39 is 8.32 Å². The molecule has 2 fully saturated rings. The standard InChI is InChI=1S/C33H50O3Si/c1-5-6-7-8-9-10-11-12-19-24-29-30(35-29)25-31-32(36-31)26-34-37(33(2,3)4,27-20-15-13-16-21-27)28-22-17-14-18-23-28/h13-18,20-23,29-32H,5-12,19,24-26H2,1-4H3/t29-,30+,31-,32+/m0/s1. The molecule has 2 aromatic carbocycles. The average Bonchev–Trinajstić information content (AvgIpc) is 3.82. The lowest BCUT2D eigenvalue weighted by molar-refractivity contribution is 0.246. The van der Waals surface area contributed by atoms with E-state index in [1.165, 1.54) is 74.6 Å². The summed E-state index contributed by atoms with van der Waals surface area (Å²) in [5.41, 5.74) is 0. The second kappa shape index (κ2) is 13.6. The van der Waals surface area contributed by atoms with Gasteiger partial charge >= 0.3 is 0 Å². The van der Waals surface area contributed by atoms with Crippen molar-refractivity contribution in [3.05, 3.63) is 60.7 Å². The van der Waals surface area contributed by atoms with Crippen molar-refractivity contribution in [2.45, 2.75) is 128 Å². The van der Waals surface area contributed by atoms with Gasteiger partial charge in [-0.15, -0.1) is 0 Å². The zero-order chi connectivity index (χ0) is 26.1. The molecule has 0 N–H and O–H groups in total. The quantitative estimate of drug-likeness (QED) is 0.123. The fourth-order valence-electron chi connectivity index (χ4n) is 6.03. The number of epoxide rings is 2. The smallest absolute Gasteiger partial charge is 0.261 e. The third kappa shape index (κ3) is 7.78. The van der Waals surface area contributed by atoms with Crippen molar-refractivity contribution in [1.82, 2.24) is 0 Å². The van der Waals surface area contributed by atoms with E-state index in [2.05, 4.69) is 88.4 Å². The minimum absolute atomic E-state index is 0.000297. The molecule has 37 heavy (non-hydrogen) atoms. The number of rotatable bonds is 17. The molecule has 3 nitrogen and oxygen atoms in total. The molecule has 2 saturated heterocycles. The molecule has 2 heterocycles. The molecule has 204 valence electrons. The van der Waals surface area contributed by atoms with Crippen LogP contribution in [0.3, 0.4) is 0 Å². The van der Waals surface area contributed by atoms with Gasteiger partial charge < -0.3 is 13.9 Å². The van der Waals surface area contributed by atoms with Crippen molar-refractivity contribution in [3.8, 4) is 0 Å². The number of hydrogen-bond acceptors (Lipinski definition) is 3. The minimum Gasteiger partial charge on any atom is -0.405 e. The molecule has 0 saturated carbocycles. The summed E-state index contributed by atoms with van der Waals surface area (Å²) < 4.78 is 19.2. The molecule has 4 rings (SSSR count). The van der Waals surface area contributed by atoms with Gasteiger partial charge in [-0.05, 0) is 21.8 Å². The Hall–Kier alpha value is -1.46. The summed E-state index contributed by atoms with van der Waals surface area (Å²) in [7, 11) is -2.49. The van der Waals surface area contributed by atoms with Crippen LogP contribution in [0.25, 0.3) is 0 Å². The molecule has 4 atom stereocenters. The Labute approximate surface area is 227 Å². The topological polar surface area (TPSA) is 34.3 Å². The van der Waals surface area contributed by atoms with Crippen LogP contribution in [0, 0.1) is 0 Å².